The summed E-state index contributed by atoms with van der Waals surface area (Å²) in [5, 5.41) is 2.72. The van der Waals surface area contributed by atoms with Crippen molar-refractivity contribution in [2.24, 2.45) is 5.73 Å². The largest absolute Gasteiger partial charge is 0.462 e. The van der Waals surface area contributed by atoms with Crippen LogP contribution < -0.4 is 11.1 Å². The number of benzene rings is 1. The molecule has 154 valence electrons. The first-order valence-electron chi connectivity index (χ1n) is 9.03. The van der Waals surface area contributed by atoms with E-state index in [4.69, 9.17) is 24.7 Å². The SMILES string of the molecule is CCOC(=O)C1=C(C)OC(N)=C(C(=O)OCCOC)[C@]12C(=O)Nc1ccccc12. The number of hydrogen-bond donors (Lipinski definition) is 2. The normalized spacial score (nSPS) is 20.3. The number of esters is 2. The Morgan fingerprint density at radius 2 is 1.83 bits per heavy atom. The number of ether oxygens (including phenoxy) is 4. The van der Waals surface area contributed by atoms with Gasteiger partial charge in [0, 0.05) is 18.4 Å². The van der Waals surface area contributed by atoms with Gasteiger partial charge in [0.15, 0.2) is 0 Å². The molecule has 2 aliphatic heterocycles. The molecule has 3 rings (SSSR count). The van der Waals surface area contributed by atoms with Crippen LogP contribution in [0.5, 0.6) is 0 Å². The first kappa shape index (κ1) is 20.4. The smallest absolute Gasteiger partial charge is 0.341 e. The Morgan fingerprint density at radius 1 is 1.14 bits per heavy atom. The number of nitrogens with one attached hydrogen (secondary N) is 1. The number of hydrogen-bond acceptors (Lipinski definition) is 8. The number of fused-ring (bicyclic) bond motifs is 2. The zero-order chi connectivity index (χ0) is 21.2. The van der Waals surface area contributed by atoms with Crippen LogP contribution in [0.4, 0.5) is 5.69 Å². The number of para-hydroxylation sites is 1. The number of rotatable bonds is 6. The quantitative estimate of drug-likeness (QED) is 0.535. The molecule has 29 heavy (non-hydrogen) atoms. The van der Waals surface area contributed by atoms with Crippen molar-refractivity contribution in [3.63, 3.8) is 0 Å². The Bertz CT molecular complexity index is 935. The van der Waals surface area contributed by atoms with E-state index in [-0.39, 0.29) is 42.6 Å². The van der Waals surface area contributed by atoms with E-state index in [1.165, 1.54) is 14.0 Å². The maximum absolute atomic E-state index is 13.3. The molecular formula is C20H22N2O7. The summed E-state index contributed by atoms with van der Waals surface area (Å²) in [5.41, 5.74) is 4.64. The zero-order valence-corrected chi connectivity index (χ0v) is 16.4. The molecule has 0 unspecified atom stereocenters. The van der Waals surface area contributed by atoms with Gasteiger partial charge in [-0.1, -0.05) is 18.2 Å². The van der Waals surface area contributed by atoms with Crippen LogP contribution in [-0.2, 0) is 38.7 Å². The van der Waals surface area contributed by atoms with Gasteiger partial charge in [-0.15, -0.1) is 0 Å². The third-order valence-electron chi connectivity index (χ3n) is 4.74. The number of amides is 1. The third-order valence-corrected chi connectivity index (χ3v) is 4.74. The van der Waals surface area contributed by atoms with Gasteiger partial charge in [-0.05, 0) is 19.9 Å². The van der Waals surface area contributed by atoms with Crippen molar-refractivity contribution in [1.82, 2.24) is 0 Å². The van der Waals surface area contributed by atoms with Gasteiger partial charge in [0.2, 0.25) is 11.8 Å². The minimum absolute atomic E-state index is 0.0666. The minimum atomic E-state index is -1.85. The second-order valence-electron chi connectivity index (χ2n) is 6.37. The van der Waals surface area contributed by atoms with Crippen LogP contribution in [-0.4, -0.2) is 44.8 Å². The molecule has 0 saturated heterocycles. The number of carbonyl (C=O) groups is 3. The molecule has 1 amide bonds. The maximum atomic E-state index is 13.3. The van der Waals surface area contributed by atoms with E-state index in [2.05, 4.69) is 5.32 Å². The van der Waals surface area contributed by atoms with E-state index < -0.39 is 23.3 Å². The lowest BCUT2D eigenvalue weighted by Crippen LogP contribution is -2.48. The highest BCUT2D eigenvalue weighted by Gasteiger charge is 2.61. The Balaban J connectivity index is 2.25. The van der Waals surface area contributed by atoms with Crippen molar-refractivity contribution in [3.05, 3.63) is 52.6 Å². The predicted octanol–water partition coefficient (Wildman–Crippen LogP) is 1.10. The molecule has 1 atom stereocenters. The van der Waals surface area contributed by atoms with Crippen molar-refractivity contribution >= 4 is 23.5 Å². The summed E-state index contributed by atoms with van der Waals surface area (Å²) in [6, 6.07) is 6.72. The molecule has 0 saturated carbocycles. The number of nitrogens with two attached hydrogens (primary N) is 1. The highest BCUT2D eigenvalue weighted by molar-refractivity contribution is 6.21. The predicted molar refractivity (Wildman–Crippen MR) is 101 cm³/mol. The summed E-state index contributed by atoms with van der Waals surface area (Å²) in [7, 11) is 1.46. The second kappa shape index (κ2) is 7.96. The van der Waals surface area contributed by atoms with Crippen LogP contribution in [0.15, 0.2) is 47.1 Å². The van der Waals surface area contributed by atoms with E-state index >= 15 is 0 Å². The lowest BCUT2D eigenvalue weighted by molar-refractivity contribution is -0.144. The molecule has 0 bridgehead atoms. The number of allylic oxidation sites excluding steroid dienone is 1. The van der Waals surface area contributed by atoms with E-state index in [0.717, 1.165) is 0 Å². The van der Waals surface area contributed by atoms with Gasteiger partial charge in [-0.25, -0.2) is 9.59 Å². The lowest BCUT2D eigenvalue weighted by atomic mass is 9.67. The van der Waals surface area contributed by atoms with Gasteiger partial charge in [0.25, 0.3) is 0 Å². The molecule has 0 fully saturated rings. The Labute approximate surface area is 167 Å². The summed E-state index contributed by atoms with van der Waals surface area (Å²) >= 11 is 0. The third kappa shape index (κ3) is 3.13. The molecule has 1 spiro atoms. The van der Waals surface area contributed by atoms with Gasteiger partial charge in [0.1, 0.15) is 28.9 Å². The van der Waals surface area contributed by atoms with Crippen LogP contribution in [0, 0.1) is 0 Å². The number of carbonyl (C=O) groups excluding carboxylic acids is 3. The molecule has 1 aromatic carbocycles. The first-order valence-corrected chi connectivity index (χ1v) is 9.03. The fourth-order valence-electron chi connectivity index (χ4n) is 3.64. The van der Waals surface area contributed by atoms with E-state index in [9.17, 15) is 14.4 Å². The second-order valence-corrected chi connectivity index (χ2v) is 6.37. The van der Waals surface area contributed by atoms with Crippen molar-refractivity contribution in [3.8, 4) is 0 Å². The Hall–Kier alpha value is -3.33. The minimum Gasteiger partial charge on any atom is -0.462 e. The standard InChI is InChI=1S/C20H22N2O7/c1-4-27-17(23)14-11(2)29-16(21)15(18(24)28-10-9-26-3)20(14)12-7-5-6-8-13(12)22-19(20)25/h5-8H,4,9-10,21H2,1-3H3,(H,22,25)/t20-/m1/s1. The van der Waals surface area contributed by atoms with Crippen molar-refractivity contribution in [2.45, 2.75) is 19.3 Å². The van der Waals surface area contributed by atoms with E-state index in [0.29, 0.717) is 11.3 Å². The van der Waals surface area contributed by atoms with Crippen LogP contribution in [0.1, 0.15) is 19.4 Å². The Morgan fingerprint density at radius 3 is 2.52 bits per heavy atom. The molecule has 2 heterocycles. The molecule has 3 N–H and O–H groups in total. The fraction of sp³-hybridized carbons (Fsp3) is 0.350. The summed E-state index contributed by atoms with van der Waals surface area (Å²) < 4.78 is 20.8. The van der Waals surface area contributed by atoms with Crippen molar-refractivity contribution in [1.29, 1.82) is 0 Å². The van der Waals surface area contributed by atoms with Gasteiger partial charge in [-0.2, -0.15) is 0 Å². The summed E-state index contributed by atoms with van der Waals surface area (Å²) in [5.74, 6) is -2.54. The van der Waals surface area contributed by atoms with E-state index in [1.54, 1.807) is 31.2 Å². The summed E-state index contributed by atoms with van der Waals surface area (Å²) in [4.78, 5) is 39.2. The van der Waals surface area contributed by atoms with Crippen LogP contribution in [0.25, 0.3) is 0 Å². The van der Waals surface area contributed by atoms with Gasteiger partial charge < -0.3 is 30.0 Å². The van der Waals surface area contributed by atoms with E-state index in [1.807, 2.05) is 0 Å². The molecule has 2 aliphatic rings. The van der Waals surface area contributed by atoms with Crippen molar-refractivity contribution < 1.29 is 33.3 Å². The van der Waals surface area contributed by atoms with Gasteiger partial charge >= 0.3 is 11.9 Å². The average molecular weight is 402 g/mol. The molecule has 1 aromatic rings. The summed E-state index contributed by atoms with van der Waals surface area (Å²) in [6.07, 6.45) is 0. The number of methoxy groups -OCH3 is 1. The molecule has 9 nitrogen and oxygen atoms in total. The maximum Gasteiger partial charge on any atom is 0.341 e. The summed E-state index contributed by atoms with van der Waals surface area (Å²) in [6.45, 7) is 3.28. The topological polar surface area (TPSA) is 126 Å². The van der Waals surface area contributed by atoms with Crippen LogP contribution in [0.2, 0.25) is 0 Å². The molecular weight excluding hydrogens is 380 g/mol. The number of anilines is 1. The fourth-order valence-corrected chi connectivity index (χ4v) is 3.64. The first-order chi connectivity index (χ1) is 13.9. The van der Waals surface area contributed by atoms with Crippen LogP contribution >= 0.6 is 0 Å². The molecule has 0 aliphatic carbocycles. The highest BCUT2D eigenvalue weighted by atomic mass is 16.6. The van der Waals surface area contributed by atoms with Gasteiger partial charge in [0.05, 0.1) is 13.2 Å². The van der Waals surface area contributed by atoms with Gasteiger partial charge in [-0.3, -0.25) is 4.79 Å². The monoisotopic (exact) mass is 402 g/mol. The molecule has 0 aromatic heterocycles. The molecule has 9 heteroatoms. The van der Waals surface area contributed by atoms with Crippen LogP contribution in [0.3, 0.4) is 0 Å². The molecule has 0 radical (unpaired) electrons. The Kier molecular flexibility index (Phi) is 5.60. The average Bonchev–Trinajstić information content (AvgIpc) is 2.94. The van der Waals surface area contributed by atoms with Crippen molar-refractivity contribution in [2.75, 3.05) is 32.2 Å². The zero-order valence-electron chi connectivity index (χ0n) is 16.4. The lowest BCUT2D eigenvalue weighted by Gasteiger charge is -2.35. The highest BCUT2D eigenvalue weighted by Crippen LogP contribution is 2.52.